The summed E-state index contributed by atoms with van der Waals surface area (Å²) < 4.78 is 45.1. The third-order valence-electron chi connectivity index (χ3n) is 4.33. The smallest absolute Gasteiger partial charge is 0.322 e. The van der Waals surface area contributed by atoms with Gasteiger partial charge in [0, 0.05) is 17.3 Å². The van der Waals surface area contributed by atoms with Gasteiger partial charge in [-0.3, -0.25) is 0 Å². The molecule has 2 aromatic carbocycles. The number of ether oxygens (including phenoxy) is 1. The van der Waals surface area contributed by atoms with Gasteiger partial charge in [-0.2, -0.15) is 0 Å². The molecule has 0 aromatic heterocycles. The maximum Gasteiger partial charge on any atom is 0.322 e. The van der Waals surface area contributed by atoms with Gasteiger partial charge in [-0.05, 0) is 37.7 Å². The number of hydrogen-bond acceptors (Lipinski definition) is 4. The van der Waals surface area contributed by atoms with Crippen LogP contribution in [-0.4, -0.2) is 39.5 Å². The summed E-state index contributed by atoms with van der Waals surface area (Å²) in [6.45, 7) is 2.58. The van der Waals surface area contributed by atoms with Gasteiger partial charge in [0.1, 0.15) is 18.2 Å². The van der Waals surface area contributed by atoms with E-state index < -0.39 is 21.9 Å². The molecule has 9 heteroatoms. The molecule has 0 unspecified atom stereocenters. The number of carbonyl (C=O) groups excluding carboxylic acids is 1. The summed E-state index contributed by atoms with van der Waals surface area (Å²) in [5, 5.41) is 2.75. The Morgan fingerprint density at radius 1 is 1.22 bits per heavy atom. The van der Waals surface area contributed by atoms with E-state index in [1.165, 1.54) is 36.2 Å². The summed E-state index contributed by atoms with van der Waals surface area (Å²) in [6.07, 6.45) is 0. The van der Waals surface area contributed by atoms with Crippen molar-refractivity contribution in [3.05, 3.63) is 53.3 Å². The van der Waals surface area contributed by atoms with Crippen molar-refractivity contribution in [2.75, 3.05) is 25.5 Å². The first-order chi connectivity index (χ1) is 12.8. The number of nitrogens with zero attached hydrogens (tertiary/aromatic N) is 1. The molecule has 27 heavy (non-hydrogen) atoms. The molecule has 1 aliphatic rings. The summed E-state index contributed by atoms with van der Waals surface area (Å²) in [5.74, 6) is 0.0217. The van der Waals surface area contributed by atoms with Crippen LogP contribution >= 0.6 is 0 Å². The third-order valence-corrected chi connectivity index (χ3v) is 5.74. The van der Waals surface area contributed by atoms with E-state index in [9.17, 15) is 17.6 Å². The number of carbonyl (C=O) groups is 1. The fourth-order valence-electron chi connectivity index (χ4n) is 2.73. The molecule has 0 atom stereocenters. The van der Waals surface area contributed by atoms with Crippen molar-refractivity contribution in [2.24, 2.45) is 0 Å². The topological polar surface area (TPSA) is 87.7 Å². The average Bonchev–Trinajstić information content (AvgIpc) is 2.85. The van der Waals surface area contributed by atoms with Crippen LogP contribution in [0, 0.1) is 12.7 Å². The van der Waals surface area contributed by atoms with Crippen LogP contribution in [0.25, 0.3) is 0 Å². The van der Waals surface area contributed by atoms with Gasteiger partial charge >= 0.3 is 6.03 Å². The monoisotopic (exact) mass is 393 g/mol. The van der Waals surface area contributed by atoms with Gasteiger partial charge in [-0.15, -0.1) is 0 Å². The van der Waals surface area contributed by atoms with Gasteiger partial charge in [0.2, 0.25) is 10.0 Å². The van der Waals surface area contributed by atoms with Crippen molar-refractivity contribution < 1.29 is 22.3 Å². The summed E-state index contributed by atoms with van der Waals surface area (Å²) in [5.41, 5.74) is 1.83. The first-order valence-corrected chi connectivity index (χ1v) is 9.80. The fourth-order valence-corrected chi connectivity index (χ4v) is 3.49. The number of fused-ring (bicyclic) bond motifs is 1. The molecule has 0 saturated heterocycles. The molecule has 0 spiro atoms. The Balaban J connectivity index is 1.81. The van der Waals surface area contributed by atoms with Gasteiger partial charge in [0.15, 0.2) is 0 Å². The number of anilines is 1. The zero-order valence-electron chi connectivity index (χ0n) is 15.0. The number of hydrogen-bond donors (Lipinski definition) is 2. The van der Waals surface area contributed by atoms with Crippen molar-refractivity contribution in [1.29, 1.82) is 0 Å². The Morgan fingerprint density at radius 3 is 2.74 bits per heavy atom. The number of sulfonamides is 1. The van der Waals surface area contributed by atoms with E-state index in [4.69, 9.17) is 4.74 Å². The van der Waals surface area contributed by atoms with Gasteiger partial charge in [-0.1, -0.05) is 12.1 Å². The molecule has 2 amide bonds. The van der Waals surface area contributed by atoms with Crippen LogP contribution in [0.4, 0.5) is 14.9 Å². The average molecular weight is 393 g/mol. The number of rotatable bonds is 3. The second-order valence-electron chi connectivity index (χ2n) is 6.14. The minimum atomic E-state index is -3.62. The van der Waals surface area contributed by atoms with Crippen molar-refractivity contribution in [3.63, 3.8) is 0 Å². The largest absolute Gasteiger partial charge is 0.491 e. The Labute approximate surface area is 157 Å². The molecule has 144 valence electrons. The minimum Gasteiger partial charge on any atom is -0.491 e. The van der Waals surface area contributed by atoms with Gasteiger partial charge < -0.3 is 15.0 Å². The van der Waals surface area contributed by atoms with E-state index in [0.717, 1.165) is 5.56 Å². The Bertz CT molecular complexity index is 979. The highest BCUT2D eigenvalue weighted by Crippen LogP contribution is 2.25. The van der Waals surface area contributed by atoms with Crippen LogP contribution in [0.2, 0.25) is 0 Å². The SMILES string of the molecule is CNS(=O)(=O)c1ccc(C)c(NC(=O)N2CCOc3cc(F)ccc3C2)c1. The summed E-state index contributed by atoms with van der Waals surface area (Å²) in [6, 6.07) is 8.33. The van der Waals surface area contributed by atoms with Gasteiger partial charge in [0.25, 0.3) is 0 Å². The van der Waals surface area contributed by atoms with E-state index in [0.29, 0.717) is 23.5 Å². The highest BCUT2D eigenvalue weighted by molar-refractivity contribution is 7.89. The Kier molecular flexibility index (Phi) is 5.33. The number of halogens is 1. The highest BCUT2D eigenvalue weighted by atomic mass is 32.2. The Morgan fingerprint density at radius 2 is 2.00 bits per heavy atom. The van der Waals surface area contributed by atoms with Crippen LogP contribution < -0.4 is 14.8 Å². The quantitative estimate of drug-likeness (QED) is 0.839. The molecule has 0 radical (unpaired) electrons. The van der Waals surface area contributed by atoms with Crippen molar-refractivity contribution >= 4 is 21.7 Å². The first-order valence-electron chi connectivity index (χ1n) is 8.31. The predicted octanol–water partition coefficient (Wildman–Crippen LogP) is 2.47. The third kappa shape index (κ3) is 4.20. The van der Waals surface area contributed by atoms with Crippen molar-refractivity contribution in [2.45, 2.75) is 18.4 Å². The van der Waals surface area contributed by atoms with E-state index in [1.807, 2.05) is 0 Å². The van der Waals surface area contributed by atoms with E-state index in [2.05, 4.69) is 10.0 Å². The van der Waals surface area contributed by atoms with Crippen molar-refractivity contribution in [3.8, 4) is 5.75 Å². The van der Waals surface area contributed by atoms with Crippen LogP contribution in [0.5, 0.6) is 5.75 Å². The predicted molar refractivity (Wildman–Crippen MR) is 98.7 cm³/mol. The zero-order valence-corrected chi connectivity index (χ0v) is 15.8. The molecule has 3 rings (SSSR count). The lowest BCUT2D eigenvalue weighted by Crippen LogP contribution is -2.36. The lowest BCUT2D eigenvalue weighted by Gasteiger charge is -2.21. The minimum absolute atomic E-state index is 0.0610. The number of benzene rings is 2. The second-order valence-corrected chi connectivity index (χ2v) is 8.02. The lowest BCUT2D eigenvalue weighted by molar-refractivity contribution is 0.200. The molecule has 0 fully saturated rings. The van der Waals surface area contributed by atoms with Crippen LogP contribution in [0.3, 0.4) is 0 Å². The van der Waals surface area contributed by atoms with Gasteiger partial charge in [0.05, 0.1) is 18.0 Å². The summed E-state index contributed by atoms with van der Waals surface area (Å²) in [4.78, 5) is 14.3. The molecule has 1 heterocycles. The molecule has 7 nitrogen and oxygen atoms in total. The normalized spacial score (nSPS) is 14.1. The van der Waals surface area contributed by atoms with Crippen LogP contribution in [0.15, 0.2) is 41.3 Å². The molecular weight excluding hydrogens is 373 g/mol. The fraction of sp³-hybridized carbons (Fsp3) is 0.278. The maximum absolute atomic E-state index is 13.4. The Hall–Kier alpha value is -2.65. The molecule has 0 saturated carbocycles. The molecule has 0 aliphatic carbocycles. The molecule has 1 aliphatic heterocycles. The molecule has 2 N–H and O–H groups in total. The summed E-state index contributed by atoms with van der Waals surface area (Å²) in [7, 11) is -2.29. The summed E-state index contributed by atoms with van der Waals surface area (Å²) >= 11 is 0. The van der Waals surface area contributed by atoms with Crippen LogP contribution in [0.1, 0.15) is 11.1 Å². The van der Waals surface area contributed by atoms with Crippen LogP contribution in [-0.2, 0) is 16.6 Å². The second kappa shape index (κ2) is 7.53. The lowest BCUT2D eigenvalue weighted by atomic mass is 10.2. The molecule has 0 bridgehead atoms. The van der Waals surface area contributed by atoms with E-state index >= 15 is 0 Å². The number of amides is 2. The van der Waals surface area contributed by atoms with Crippen molar-refractivity contribution in [1.82, 2.24) is 9.62 Å². The van der Waals surface area contributed by atoms with E-state index in [-0.39, 0.29) is 18.0 Å². The molecule has 2 aromatic rings. The molecular formula is C18H20FN3O4S. The zero-order chi connectivity index (χ0) is 19.6. The standard InChI is InChI=1S/C18H20FN3O4S/c1-12-3-6-15(27(24,25)20-2)10-16(12)21-18(23)22-7-8-26-17-9-14(19)5-4-13(17)11-22/h3-6,9-10,20H,7-8,11H2,1-2H3,(H,21,23). The maximum atomic E-state index is 13.4. The van der Waals surface area contributed by atoms with E-state index in [1.54, 1.807) is 19.1 Å². The first kappa shape index (κ1) is 19.1. The van der Waals surface area contributed by atoms with Gasteiger partial charge in [-0.25, -0.2) is 22.3 Å². The number of nitrogens with one attached hydrogen (secondary N) is 2. The number of aryl methyl sites for hydroxylation is 1. The highest BCUT2D eigenvalue weighted by Gasteiger charge is 2.21. The number of urea groups is 1.